The molecule has 0 radical (unpaired) electrons. The van der Waals surface area contributed by atoms with Gasteiger partial charge in [0.05, 0.1) is 0 Å². The monoisotopic (exact) mass is 229 g/mol. The number of hydrogen-bond donors (Lipinski definition) is 3. The molecule has 0 saturated heterocycles. The van der Waals surface area contributed by atoms with E-state index in [0.717, 1.165) is 12.1 Å². The van der Waals surface area contributed by atoms with Crippen LogP contribution in [0.2, 0.25) is 0 Å². The molecule has 0 aliphatic heterocycles. The van der Waals surface area contributed by atoms with Gasteiger partial charge in [0.15, 0.2) is 0 Å². The molecule has 0 saturated carbocycles. The minimum absolute atomic E-state index is 0.259. The van der Waals surface area contributed by atoms with Gasteiger partial charge in [-0.05, 0) is 36.7 Å². The molecule has 5 heteroatoms. The number of nitrogens with one attached hydrogen (secondary N) is 1. The van der Waals surface area contributed by atoms with Crippen molar-refractivity contribution >= 4 is 17.5 Å². The highest BCUT2D eigenvalue weighted by molar-refractivity contribution is 5.56. The number of rotatable bonds is 4. The van der Waals surface area contributed by atoms with E-state index in [1.165, 1.54) is 5.56 Å². The minimum atomic E-state index is 0.259. The van der Waals surface area contributed by atoms with Crippen molar-refractivity contribution in [2.45, 2.75) is 6.42 Å². The quantitative estimate of drug-likeness (QED) is 0.735. The van der Waals surface area contributed by atoms with Gasteiger partial charge in [0, 0.05) is 11.9 Å². The number of nitrogens with two attached hydrogens (primary N) is 2. The molecule has 5 N–H and O–H groups in total. The van der Waals surface area contributed by atoms with Crippen LogP contribution in [0.4, 0.5) is 17.5 Å². The van der Waals surface area contributed by atoms with Crippen LogP contribution in [-0.4, -0.2) is 16.5 Å². The minimum Gasteiger partial charge on any atom is -0.368 e. The number of nitrogen functional groups attached to an aromatic ring is 1. The molecule has 88 valence electrons. The molecule has 2 aromatic rings. The number of anilines is 3. The van der Waals surface area contributed by atoms with Gasteiger partial charge in [0.2, 0.25) is 5.95 Å². The number of hydrogen-bond acceptors (Lipinski definition) is 5. The Bertz CT molecular complexity index is 481. The molecule has 0 aliphatic rings. The molecule has 0 fully saturated rings. The number of benzene rings is 1. The maximum Gasteiger partial charge on any atom is 0.221 e. The van der Waals surface area contributed by atoms with Gasteiger partial charge >= 0.3 is 0 Å². The summed E-state index contributed by atoms with van der Waals surface area (Å²) in [6.45, 7) is 0.662. The Morgan fingerprint density at radius 1 is 1.12 bits per heavy atom. The summed E-state index contributed by atoms with van der Waals surface area (Å²) in [6.07, 6.45) is 2.51. The van der Waals surface area contributed by atoms with Crippen LogP contribution in [0.15, 0.2) is 36.5 Å². The van der Waals surface area contributed by atoms with Crippen molar-refractivity contribution in [1.82, 2.24) is 9.97 Å². The lowest BCUT2D eigenvalue weighted by Gasteiger charge is -2.06. The van der Waals surface area contributed by atoms with Gasteiger partial charge < -0.3 is 16.8 Å². The van der Waals surface area contributed by atoms with Crippen molar-refractivity contribution in [2.24, 2.45) is 5.73 Å². The maximum absolute atomic E-state index is 5.50. The normalized spacial score (nSPS) is 10.2. The van der Waals surface area contributed by atoms with Crippen molar-refractivity contribution in [3.8, 4) is 0 Å². The summed E-state index contributed by atoms with van der Waals surface area (Å²) in [5, 5.41) is 3.15. The second-order valence-corrected chi connectivity index (χ2v) is 3.66. The SMILES string of the molecule is NCCc1ccc(Nc2ccnc(N)n2)cc1. The molecule has 2 rings (SSSR count). The van der Waals surface area contributed by atoms with E-state index in [2.05, 4.69) is 15.3 Å². The highest BCUT2D eigenvalue weighted by Gasteiger charge is 1.97. The lowest BCUT2D eigenvalue weighted by Crippen LogP contribution is -2.02. The van der Waals surface area contributed by atoms with Crippen LogP contribution in [0.3, 0.4) is 0 Å². The fourth-order valence-electron chi connectivity index (χ4n) is 1.51. The van der Waals surface area contributed by atoms with Gasteiger partial charge in [-0.15, -0.1) is 0 Å². The van der Waals surface area contributed by atoms with E-state index in [1.54, 1.807) is 12.3 Å². The van der Waals surface area contributed by atoms with E-state index in [0.29, 0.717) is 12.4 Å². The van der Waals surface area contributed by atoms with E-state index >= 15 is 0 Å². The Morgan fingerprint density at radius 3 is 2.53 bits per heavy atom. The van der Waals surface area contributed by atoms with E-state index in [9.17, 15) is 0 Å². The first-order chi connectivity index (χ1) is 8.28. The summed E-state index contributed by atoms with van der Waals surface area (Å²) in [5.74, 6) is 0.943. The molecule has 0 spiro atoms. The zero-order chi connectivity index (χ0) is 12.1. The molecular weight excluding hydrogens is 214 g/mol. The first-order valence-corrected chi connectivity index (χ1v) is 5.42. The zero-order valence-electron chi connectivity index (χ0n) is 9.43. The summed E-state index contributed by atoms with van der Waals surface area (Å²) in [6, 6.07) is 9.83. The topological polar surface area (TPSA) is 89.8 Å². The van der Waals surface area contributed by atoms with Gasteiger partial charge in [-0.3, -0.25) is 0 Å². The first-order valence-electron chi connectivity index (χ1n) is 5.42. The molecule has 0 bridgehead atoms. The second kappa shape index (κ2) is 5.27. The molecule has 5 nitrogen and oxygen atoms in total. The van der Waals surface area contributed by atoms with Crippen LogP contribution >= 0.6 is 0 Å². The summed E-state index contributed by atoms with van der Waals surface area (Å²) in [4.78, 5) is 7.90. The van der Waals surface area contributed by atoms with Crippen molar-refractivity contribution in [2.75, 3.05) is 17.6 Å². The fourth-order valence-corrected chi connectivity index (χ4v) is 1.51. The average Bonchev–Trinajstić information content (AvgIpc) is 2.32. The van der Waals surface area contributed by atoms with E-state index < -0.39 is 0 Å². The van der Waals surface area contributed by atoms with Crippen LogP contribution in [0.25, 0.3) is 0 Å². The molecule has 17 heavy (non-hydrogen) atoms. The summed E-state index contributed by atoms with van der Waals surface area (Å²) in [7, 11) is 0. The standard InChI is InChI=1S/C12H15N5/c13-7-5-9-1-3-10(4-2-9)16-11-6-8-15-12(14)17-11/h1-4,6,8H,5,7,13H2,(H3,14,15,16,17). The average molecular weight is 229 g/mol. The summed E-state index contributed by atoms with van der Waals surface area (Å²) < 4.78 is 0. The predicted molar refractivity (Wildman–Crippen MR) is 68.9 cm³/mol. The predicted octanol–water partition coefficient (Wildman–Crippen LogP) is 1.30. The number of nitrogens with zero attached hydrogens (tertiary/aromatic N) is 2. The Kier molecular flexibility index (Phi) is 3.52. The Hall–Kier alpha value is -2.14. The second-order valence-electron chi connectivity index (χ2n) is 3.66. The molecule has 0 unspecified atom stereocenters. The van der Waals surface area contributed by atoms with Gasteiger partial charge in [-0.1, -0.05) is 12.1 Å². The fraction of sp³-hybridized carbons (Fsp3) is 0.167. The zero-order valence-corrected chi connectivity index (χ0v) is 9.43. The maximum atomic E-state index is 5.50. The van der Waals surface area contributed by atoms with Crippen LogP contribution in [0.1, 0.15) is 5.56 Å². The Labute approximate surface area is 99.9 Å². The third-order valence-corrected chi connectivity index (χ3v) is 2.33. The summed E-state index contributed by atoms with van der Waals surface area (Å²) >= 11 is 0. The molecule has 1 aromatic heterocycles. The Balaban J connectivity index is 2.08. The molecule has 1 aromatic carbocycles. The van der Waals surface area contributed by atoms with Crippen LogP contribution in [0, 0.1) is 0 Å². The third-order valence-electron chi connectivity index (χ3n) is 2.33. The largest absolute Gasteiger partial charge is 0.368 e. The highest BCUT2D eigenvalue weighted by atomic mass is 15.1. The molecular formula is C12H15N5. The highest BCUT2D eigenvalue weighted by Crippen LogP contribution is 2.15. The van der Waals surface area contributed by atoms with E-state index in [4.69, 9.17) is 11.5 Å². The molecule has 0 atom stereocenters. The molecule has 0 amide bonds. The van der Waals surface area contributed by atoms with Crippen LogP contribution < -0.4 is 16.8 Å². The van der Waals surface area contributed by atoms with Crippen molar-refractivity contribution in [3.63, 3.8) is 0 Å². The van der Waals surface area contributed by atoms with Gasteiger partial charge in [-0.2, -0.15) is 4.98 Å². The smallest absolute Gasteiger partial charge is 0.221 e. The number of aromatic nitrogens is 2. The lowest BCUT2D eigenvalue weighted by molar-refractivity contribution is 0.969. The van der Waals surface area contributed by atoms with Crippen LogP contribution in [0.5, 0.6) is 0 Å². The van der Waals surface area contributed by atoms with Gasteiger partial charge in [0.1, 0.15) is 5.82 Å². The van der Waals surface area contributed by atoms with Crippen molar-refractivity contribution in [3.05, 3.63) is 42.1 Å². The van der Waals surface area contributed by atoms with Crippen molar-refractivity contribution in [1.29, 1.82) is 0 Å². The van der Waals surface area contributed by atoms with E-state index in [1.807, 2.05) is 24.3 Å². The lowest BCUT2D eigenvalue weighted by atomic mass is 10.1. The Morgan fingerprint density at radius 2 is 1.88 bits per heavy atom. The molecule has 0 aliphatic carbocycles. The summed E-state index contributed by atoms with van der Waals surface area (Å²) in [5.41, 5.74) is 13.2. The van der Waals surface area contributed by atoms with Crippen molar-refractivity contribution < 1.29 is 0 Å². The first kappa shape index (κ1) is 11.3. The van der Waals surface area contributed by atoms with Gasteiger partial charge in [-0.25, -0.2) is 4.98 Å². The van der Waals surface area contributed by atoms with Crippen LogP contribution in [-0.2, 0) is 6.42 Å². The van der Waals surface area contributed by atoms with E-state index in [-0.39, 0.29) is 5.95 Å². The third kappa shape index (κ3) is 3.15. The molecule has 1 heterocycles. The van der Waals surface area contributed by atoms with Gasteiger partial charge in [0.25, 0.3) is 0 Å².